The summed E-state index contributed by atoms with van der Waals surface area (Å²) in [5.41, 5.74) is 2.90. The molecule has 94 valence electrons. The van der Waals surface area contributed by atoms with Crippen LogP contribution in [0.1, 0.15) is 16.8 Å². The molecule has 18 heavy (non-hydrogen) atoms. The van der Waals surface area contributed by atoms with Crippen molar-refractivity contribution in [2.75, 3.05) is 0 Å². The predicted molar refractivity (Wildman–Crippen MR) is 77.7 cm³/mol. The maximum absolute atomic E-state index is 5.99. The van der Waals surface area contributed by atoms with Crippen LogP contribution in [0.25, 0.3) is 0 Å². The minimum Gasteiger partial charge on any atom is -0.438 e. The van der Waals surface area contributed by atoms with Crippen LogP contribution in [-0.2, 0) is 0 Å². The van der Waals surface area contributed by atoms with Gasteiger partial charge in [0.2, 0.25) is 5.88 Å². The Morgan fingerprint density at radius 1 is 1.11 bits per heavy atom. The van der Waals surface area contributed by atoms with Gasteiger partial charge in [-0.2, -0.15) is 0 Å². The van der Waals surface area contributed by atoms with E-state index in [0.717, 1.165) is 32.1 Å². The Balaban J connectivity index is 2.37. The van der Waals surface area contributed by atoms with Crippen LogP contribution in [0.4, 0.5) is 0 Å². The molecule has 0 unspecified atom stereocenters. The van der Waals surface area contributed by atoms with Gasteiger partial charge in [-0.1, -0.05) is 11.6 Å². The van der Waals surface area contributed by atoms with Gasteiger partial charge in [0, 0.05) is 15.6 Å². The Morgan fingerprint density at radius 3 is 2.28 bits per heavy atom. The zero-order chi connectivity index (χ0) is 13.3. The number of benzene rings is 1. The van der Waals surface area contributed by atoms with Gasteiger partial charge in [0.25, 0.3) is 0 Å². The quantitative estimate of drug-likeness (QED) is 0.755. The minimum atomic E-state index is 0.587. The van der Waals surface area contributed by atoms with Crippen molar-refractivity contribution in [2.45, 2.75) is 20.8 Å². The first-order valence-electron chi connectivity index (χ1n) is 5.55. The largest absolute Gasteiger partial charge is 0.438 e. The first kappa shape index (κ1) is 13.4. The summed E-state index contributed by atoms with van der Waals surface area (Å²) >= 11 is 9.41. The molecule has 0 aliphatic carbocycles. The van der Waals surface area contributed by atoms with Gasteiger partial charge in [-0.3, -0.25) is 0 Å². The van der Waals surface area contributed by atoms with E-state index in [1.807, 2.05) is 45.0 Å². The third kappa shape index (κ3) is 2.85. The molecular weight excluding hydrogens is 314 g/mol. The Labute approximate surface area is 120 Å². The highest BCUT2D eigenvalue weighted by atomic mass is 79.9. The number of rotatable bonds is 2. The first-order chi connectivity index (χ1) is 8.47. The van der Waals surface area contributed by atoms with Crippen LogP contribution >= 0.6 is 27.5 Å². The fourth-order valence-corrected chi connectivity index (χ4v) is 2.29. The van der Waals surface area contributed by atoms with E-state index in [1.165, 1.54) is 0 Å². The van der Waals surface area contributed by atoms with E-state index < -0.39 is 0 Å². The van der Waals surface area contributed by atoms with E-state index in [-0.39, 0.29) is 0 Å². The fraction of sp³-hybridized carbons (Fsp3) is 0.214. The third-order valence-corrected chi connectivity index (χ3v) is 3.68. The molecule has 1 aromatic carbocycles. The molecule has 2 aromatic rings. The molecule has 0 aliphatic rings. The number of aryl methyl sites for hydroxylation is 3. The smallest absolute Gasteiger partial charge is 0.219 e. The van der Waals surface area contributed by atoms with Gasteiger partial charge in [0.1, 0.15) is 5.75 Å². The highest BCUT2D eigenvalue weighted by Crippen LogP contribution is 2.31. The molecular formula is C14H13BrClNO. The molecule has 1 aromatic heterocycles. The van der Waals surface area contributed by atoms with Gasteiger partial charge in [-0.15, -0.1) is 0 Å². The minimum absolute atomic E-state index is 0.587. The second-order valence-electron chi connectivity index (χ2n) is 4.19. The van der Waals surface area contributed by atoms with Gasteiger partial charge in [-0.25, -0.2) is 4.98 Å². The lowest BCUT2D eigenvalue weighted by Gasteiger charge is -2.12. The number of halogens is 2. The average molecular weight is 327 g/mol. The van der Waals surface area contributed by atoms with Crippen molar-refractivity contribution >= 4 is 27.5 Å². The van der Waals surface area contributed by atoms with E-state index in [4.69, 9.17) is 16.3 Å². The summed E-state index contributed by atoms with van der Waals surface area (Å²) in [7, 11) is 0. The number of ether oxygens (including phenoxy) is 1. The number of pyridine rings is 1. The van der Waals surface area contributed by atoms with Crippen molar-refractivity contribution in [1.29, 1.82) is 0 Å². The number of aromatic nitrogens is 1. The maximum atomic E-state index is 5.99. The fourth-order valence-electron chi connectivity index (χ4n) is 1.74. The average Bonchev–Trinajstić information content (AvgIpc) is 2.28. The van der Waals surface area contributed by atoms with Crippen molar-refractivity contribution < 1.29 is 4.74 Å². The zero-order valence-corrected chi connectivity index (χ0v) is 12.8. The standard InChI is InChI=1S/C14H13BrClNO/c1-8-6-11(16)7-9(2)14(8)18-13-5-4-12(15)10(3)17-13/h4-7H,1-3H3. The number of hydrogen-bond acceptors (Lipinski definition) is 2. The summed E-state index contributed by atoms with van der Waals surface area (Å²) in [5, 5.41) is 0.720. The van der Waals surface area contributed by atoms with Crippen LogP contribution in [0, 0.1) is 20.8 Å². The third-order valence-electron chi connectivity index (χ3n) is 2.63. The molecule has 0 aliphatic heterocycles. The Kier molecular flexibility index (Phi) is 3.93. The molecule has 2 nitrogen and oxygen atoms in total. The van der Waals surface area contributed by atoms with Crippen LogP contribution in [0.15, 0.2) is 28.7 Å². The Hall–Kier alpha value is -1.06. The van der Waals surface area contributed by atoms with Crippen molar-refractivity contribution in [3.63, 3.8) is 0 Å². The lowest BCUT2D eigenvalue weighted by molar-refractivity contribution is 0.454. The summed E-state index contributed by atoms with van der Waals surface area (Å²) in [6.07, 6.45) is 0. The summed E-state index contributed by atoms with van der Waals surface area (Å²) in [6.45, 7) is 5.87. The van der Waals surface area contributed by atoms with Crippen LogP contribution in [0.5, 0.6) is 11.6 Å². The molecule has 4 heteroatoms. The molecule has 0 bridgehead atoms. The van der Waals surface area contributed by atoms with E-state index >= 15 is 0 Å². The van der Waals surface area contributed by atoms with Crippen LogP contribution in [-0.4, -0.2) is 4.98 Å². The van der Waals surface area contributed by atoms with Gasteiger partial charge < -0.3 is 4.74 Å². The molecule has 0 amide bonds. The molecule has 2 rings (SSSR count). The van der Waals surface area contributed by atoms with Gasteiger partial charge in [-0.05, 0) is 66.0 Å². The number of hydrogen-bond donors (Lipinski definition) is 0. The summed E-state index contributed by atoms with van der Waals surface area (Å²) < 4.78 is 6.81. The van der Waals surface area contributed by atoms with Crippen molar-refractivity contribution in [2.24, 2.45) is 0 Å². The summed E-state index contributed by atoms with van der Waals surface area (Å²) in [4.78, 5) is 4.37. The lowest BCUT2D eigenvalue weighted by Crippen LogP contribution is -1.94. The second kappa shape index (κ2) is 5.29. The summed E-state index contributed by atoms with van der Waals surface area (Å²) in [5.74, 6) is 1.40. The zero-order valence-electron chi connectivity index (χ0n) is 10.4. The van der Waals surface area contributed by atoms with E-state index in [2.05, 4.69) is 20.9 Å². The molecule has 0 N–H and O–H groups in total. The van der Waals surface area contributed by atoms with Gasteiger partial charge >= 0.3 is 0 Å². The highest BCUT2D eigenvalue weighted by Gasteiger charge is 2.08. The molecule has 0 fully saturated rings. The molecule has 0 spiro atoms. The normalized spacial score (nSPS) is 10.5. The van der Waals surface area contributed by atoms with E-state index in [0.29, 0.717) is 5.88 Å². The lowest BCUT2D eigenvalue weighted by atomic mass is 10.1. The predicted octanol–water partition coefficient (Wildman–Crippen LogP) is 5.22. The van der Waals surface area contributed by atoms with E-state index in [1.54, 1.807) is 0 Å². The van der Waals surface area contributed by atoms with E-state index in [9.17, 15) is 0 Å². The first-order valence-corrected chi connectivity index (χ1v) is 6.72. The Bertz CT molecular complexity index is 575. The van der Waals surface area contributed by atoms with Crippen LogP contribution in [0.3, 0.4) is 0 Å². The maximum Gasteiger partial charge on any atom is 0.219 e. The molecule has 0 radical (unpaired) electrons. The van der Waals surface area contributed by atoms with Crippen LogP contribution in [0.2, 0.25) is 5.02 Å². The highest BCUT2D eigenvalue weighted by molar-refractivity contribution is 9.10. The van der Waals surface area contributed by atoms with Gasteiger partial charge in [0.15, 0.2) is 0 Å². The van der Waals surface area contributed by atoms with Crippen molar-refractivity contribution in [3.05, 3.63) is 50.6 Å². The monoisotopic (exact) mass is 325 g/mol. The molecule has 1 heterocycles. The van der Waals surface area contributed by atoms with Crippen molar-refractivity contribution in [3.8, 4) is 11.6 Å². The Morgan fingerprint density at radius 2 is 1.72 bits per heavy atom. The molecule has 0 atom stereocenters. The van der Waals surface area contributed by atoms with Crippen molar-refractivity contribution in [1.82, 2.24) is 4.98 Å². The molecule has 0 saturated heterocycles. The number of nitrogens with zero attached hydrogens (tertiary/aromatic N) is 1. The van der Waals surface area contributed by atoms with Crippen LogP contribution < -0.4 is 4.74 Å². The SMILES string of the molecule is Cc1cc(Cl)cc(C)c1Oc1ccc(Br)c(C)n1. The summed E-state index contributed by atoms with van der Waals surface area (Å²) in [6, 6.07) is 7.54. The topological polar surface area (TPSA) is 22.1 Å². The second-order valence-corrected chi connectivity index (χ2v) is 5.48. The molecule has 0 saturated carbocycles. The van der Waals surface area contributed by atoms with Gasteiger partial charge in [0.05, 0.1) is 5.69 Å².